The van der Waals surface area contributed by atoms with Crippen molar-refractivity contribution in [3.8, 4) is 11.5 Å². The summed E-state index contributed by atoms with van der Waals surface area (Å²) >= 11 is 0. The zero-order chi connectivity index (χ0) is 15.0. The molecular weight excluding hydrogens is 258 g/mol. The number of aliphatic carboxylic acids is 1. The highest BCUT2D eigenvalue weighted by Gasteiger charge is 2.19. The van der Waals surface area contributed by atoms with Gasteiger partial charge in [0.25, 0.3) is 0 Å². The Kier molecular flexibility index (Phi) is 6.87. The third kappa shape index (κ3) is 4.74. The highest BCUT2D eigenvalue weighted by Crippen LogP contribution is 2.26. The summed E-state index contributed by atoms with van der Waals surface area (Å²) in [5.74, 6) is 0.386. The highest BCUT2D eigenvalue weighted by atomic mass is 16.5. The highest BCUT2D eigenvalue weighted by molar-refractivity contribution is 5.72. The molecule has 0 amide bonds. The third-order valence-electron chi connectivity index (χ3n) is 2.93. The molecule has 0 aliphatic carbocycles. The van der Waals surface area contributed by atoms with E-state index in [0.717, 1.165) is 24.3 Å². The molecule has 1 rings (SSSR count). The first-order valence-electron chi connectivity index (χ1n) is 6.89. The van der Waals surface area contributed by atoms with Gasteiger partial charge in [0.05, 0.1) is 7.11 Å². The van der Waals surface area contributed by atoms with E-state index in [4.69, 9.17) is 14.6 Å². The number of hydrogen-bond donors (Lipinski definition) is 2. The van der Waals surface area contributed by atoms with Crippen LogP contribution in [-0.2, 0) is 11.3 Å². The molecule has 0 aliphatic heterocycles. The summed E-state index contributed by atoms with van der Waals surface area (Å²) in [5.41, 5.74) is 0.897. The minimum Gasteiger partial charge on any atom is -0.497 e. The molecule has 20 heavy (non-hydrogen) atoms. The molecule has 0 saturated carbocycles. The Morgan fingerprint density at radius 2 is 2.15 bits per heavy atom. The molecule has 0 aromatic heterocycles. The summed E-state index contributed by atoms with van der Waals surface area (Å²) in [4.78, 5) is 11.2. The van der Waals surface area contributed by atoms with E-state index in [1.165, 1.54) is 0 Å². The Bertz CT molecular complexity index is 434. The maximum absolute atomic E-state index is 11.2. The van der Waals surface area contributed by atoms with Crippen molar-refractivity contribution in [2.45, 2.75) is 39.3 Å². The predicted octanol–water partition coefficient (Wildman–Crippen LogP) is 2.44. The molecule has 5 heteroatoms. The average Bonchev–Trinajstić information content (AvgIpc) is 2.45. The molecule has 0 radical (unpaired) electrons. The van der Waals surface area contributed by atoms with Crippen LogP contribution in [0.4, 0.5) is 0 Å². The van der Waals surface area contributed by atoms with Gasteiger partial charge >= 0.3 is 5.97 Å². The Balaban J connectivity index is 2.93. The molecule has 0 bridgehead atoms. The second-order valence-corrected chi connectivity index (χ2v) is 4.49. The molecule has 0 fully saturated rings. The molecule has 2 N–H and O–H groups in total. The number of rotatable bonds is 9. The summed E-state index contributed by atoms with van der Waals surface area (Å²) in [7, 11) is 1.60. The van der Waals surface area contributed by atoms with Crippen LogP contribution in [-0.4, -0.2) is 30.8 Å². The molecule has 0 saturated heterocycles. The summed E-state index contributed by atoms with van der Waals surface area (Å²) in [5, 5.41) is 12.4. The van der Waals surface area contributed by atoms with Crippen LogP contribution in [0.5, 0.6) is 11.5 Å². The van der Waals surface area contributed by atoms with Crippen LogP contribution in [0.2, 0.25) is 0 Å². The first kappa shape index (κ1) is 16.3. The fourth-order valence-electron chi connectivity index (χ4n) is 1.84. The molecule has 1 aromatic rings. The number of methoxy groups -OCH3 is 1. The molecule has 0 spiro atoms. The van der Waals surface area contributed by atoms with E-state index >= 15 is 0 Å². The largest absolute Gasteiger partial charge is 0.497 e. The van der Waals surface area contributed by atoms with Gasteiger partial charge in [-0.1, -0.05) is 20.3 Å². The van der Waals surface area contributed by atoms with Crippen LogP contribution in [0.3, 0.4) is 0 Å². The molecule has 5 nitrogen and oxygen atoms in total. The number of hydrogen-bond acceptors (Lipinski definition) is 4. The third-order valence-corrected chi connectivity index (χ3v) is 2.93. The molecule has 112 valence electrons. The van der Waals surface area contributed by atoms with Crippen molar-refractivity contribution in [3.05, 3.63) is 23.8 Å². The average molecular weight is 281 g/mol. The smallest absolute Gasteiger partial charge is 0.344 e. The van der Waals surface area contributed by atoms with Crippen molar-refractivity contribution >= 4 is 5.97 Å². The first-order valence-corrected chi connectivity index (χ1v) is 6.89. The maximum atomic E-state index is 11.2. The van der Waals surface area contributed by atoms with Gasteiger partial charge in [-0.3, -0.25) is 0 Å². The van der Waals surface area contributed by atoms with Gasteiger partial charge in [-0.25, -0.2) is 4.79 Å². The second-order valence-electron chi connectivity index (χ2n) is 4.49. The van der Waals surface area contributed by atoms with E-state index in [9.17, 15) is 4.79 Å². The lowest BCUT2D eigenvalue weighted by Crippen LogP contribution is -2.27. The van der Waals surface area contributed by atoms with E-state index in [2.05, 4.69) is 5.32 Å². The van der Waals surface area contributed by atoms with E-state index in [1.54, 1.807) is 19.2 Å². The Hall–Kier alpha value is -1.75. The minimum atomic E-state index is -0.933. The van der Waals surface area contributed by atoms with Gasteiger partial charge in [-0.15, -0.1) is 0 Å². The summed E-state index contributed by atoms with van der Waals surface area (Å²) in [6.45, 7) is 5.39. The topological polar surface area (TPSA) is 67.8 Å². The van der Waals surface area contributed by atoms with Gasteiger partial charge in [-0.2, -0.15) is 0 Å². The number of carbonyl (C=O) groups is 1. The van der Waals surface area contributed by atoms with Crippen LogP contribution < -0.4 is 14.8 Å². The Morgan fingerprint density at radius 1 is 1.40 bits per heavy atom. The SMILES string of the molecule is CCCC(Oc1ccc(OC)cc1CNCC)C(=O)O. The van der Waals surface area contributed by atoms with Gasteiger partial charge in [0.1, 0.15) is 11.5 Å². The maximum Gasteiger partial charge on any atom is 0.344 e. The van der Waals surface area contributed by atoms with Crippen LogP contribution in [0.15, 0.2) is 18.2 Å². The molecule has 0 heterocycles. The molecule has 1 aromatic carbocycles. The van der Waals surface area contributed by atoms with Crippen molar-refractivity contribution < 1.29 is 19.4 Å². The summed E-state index contributed by atoms with van der Waals surface area (Å²) in [6, 6.07) is 5.40. The lowest BCUT2D eigenvalue weighted by atomic mass is 10.1. The van der Waals surface area contributed by atoms with Gasteiger partial charge in [0.15, 0.2) is 6.10 Å². The minimum absolute atomic E-state index is 0.488. The van der Waals surface area contributed by atoms with Crippen molar-refractivity contribution in [2.75, 3.05) is 13.7 Å². The van der Waals surface area contributed by atoms with Crippen molar-refractivity contribution in [1.82, 2.24) is 5.32 Å². The molecule has 1 unspecified atom stereocenters. The van der Waals surface area contributed by atoms with Crippen LogP contribution >= 0.6 is 0 Å². The van der Waals surface area contributed by atoms with Gasteiger partial charge < -0.3 is 19.9 Å². The van der Waals surface area contributed by atoms with Crippen molar-refractivity contribution in [3.63, 3.8) is 0 Å². The van der Waals surface area contributed by atoms with E-state index in [1.807, 2.05) is 19.9 Å². The van der Waals surface area contributed by atoms with Crippen LogP contribution in [0.1, 0.15) is 32.3 Å². The Labute approximate surface area is 119 Å². The normalized spacial score (nSPS) is 11.9. The quantitative estimate of drug-likeness (QED) is 0.727. The van der Waals surface area contributed by atoms with E-state index in [-0.39, 0.29) is 0 Å². The van der Waals surface area contributed by atoms with E-state index < -0.39 is 12.1 Å². The number of carboxylic acid groups (broad SMARTS) is 1. The lowest BCUT2D eigenvalue weighted by molar-refractivity contribution is -0.145. The summed E-state index contributed by atoms with van der Waals surface area (Å²) in [6.07, 6.45) is 0.436. The molecule has 0 aliphatic rings. The van der Waals surface area contributed by atoms with Crippen LogP contribution in [0.25, 0.3) is 0 Å². The van der Waals surface area contributed by atoms with Gasteiger partial charge in [0, 0.05) is 12.1 Å². The van der Waals surface area contributed by atoms with Crippen molar-refractivity contribution in [1.29, 1.82) is 0 Å². The van der Waals surface area contributed by atoms with Crippen molar-refractivity contribution in [2.24, 2.45) is 0 Å². The second kappa shape index (κ2) is 8.43. The standard InChI is InChI=1S/C15H23NO4/c1-4-6-14(15(17)18)20-13-8-7-12(19-3)9-11(13)10-16-5-2/h7-9,14,16H,4-6,10H2,1-3H3,(H,17,18). The number of benzene rings is 1. The Morgan fingerprint density at radius 3 is 2.70 bits per heavy atom. The lowest BCUT2D eigenvalue weighted by Gasteiger charge is -2.18. The number of nitrogens with one attached hydrogen (secondary N) is 1. The van der Waals surface area contributed by atoms with Gasteiger partial charge in [0.2, 0.25) is 0 Å². The zero-order valence-electron chi connectivity index (χ0n) is 12.3. The molecular formula is C15H23NO4. The predicted molar refractivity (Wildman–Crippen MR) is 77.3 cm³/mol. The fraction of sp³-hybridized carbons (Fsp3) is 0.533. The van der Waals surface area contributed by atoms with Crippen LogP contribution in [0, 0.1) is 0 Å². The monoisotopic (exact) mass is 281 g/mol. The zero-order valence-corrected chi connectivity index (χ0v) is 12.3. The number of carboxylic acids is 1. The van der Waals surface area contributed by atoms with E-state index in [0.29, 0.717) is 18.7 Å². The number of ether oxygens (including phenoxy) is 2. The first-order chi connectivity index (χ1) is 9.62. The fourth-order valence-corrected chi connectivity index (χ4v) is 1.84. The van der Waals surface area contributed by atoms with Gasteiger partial charge in [-0.05, 0) is 31.2 Å². The summed E-state index contributed by atoms with van der Waals surface area (Å²) < 4.78 is 10.8. The molecule has 1 atom stereocenters.